The number of ether oxygens (including phenoxy) is 1. The van der Waals surface area contributed by atoms with E-state index in [2.05, 4.69) is 21.3 Å². The minimum absolute atomic E-state index is 0.136. The lowest BCUT2D eigenvalue weighted by Gasteiger charge is -2.49. The highest BCUT2D eigenvalue weighted by molar-refractivity contribution is 8.00. The van der Waals surface area contributed by atoms with Gasteiger partial charge < -0.3 is 42.0 Å². The minimum atomic E-state index is -1.45. The molecule has 0 bridgehead atoms. The highest BCUT2D eigenvalue weighted by Gasteiger charge is 2.54. The fraction of sp³-hybridized carbons (Fsp3) is 0.615. The fourth-order valence-corrected chi connectivity index (χ4v) is 5.79. The summed E-state index contributed by atoms with van der Waals surface area (Å²) in [7, 11) is 0. The molecule has 2 heterocycles. The number of carbonyl (C=O) groups excluding carboxylic acids is 6. The zero-order valence-electron chi connectivity index (χ0n) is 24.5. The Morgan fingerprint density at radius 1 is 1.00 bits per heavy atom. The highest BCUT2D eigenvalue weighted by Crippen LogP contribution is 2.40. The zero-order valence-corrected chi connectivity index (χ0v) is 25.4. The molecule has 0 unspecified atom stereocenters. The Labute approximate surface area is 257 Å². The fourth-order valence-electron chi connectivity index (χ4n) is 4.47. The summed E-state index contributed by atoms with van der Waals surface area (Å²) in [6, 6.07) is -4.65. The third-order valence-corrected chi connectivity index (χ3v) is 8.02. The third kappa shape index (κ3) is 9.94. The van der Waals surface area contributed by atoms with Gasteiger partial charge in [0, 0.05) is 31.6 Å². The van der Waals surface area contributed by atoms with Gasteiger partial charge in [0.2, 0.25) is 23.6 Å². The Bertz CT molecular complexity index is 1210. The van der Waals surface area contributed by atoms with Gasteiger partial charge in [-0.25, -0.2) is 9.59 Å². The Kier molecular flexibility index (Phi) is 13.6. The molecule has 0 spiro atoms. The smallest absolute Gasteiger partial charge is 0.352 e. The van der Waals surface area contributed by atoms with Crippen LogP contribution >= 0.6 is 11.8 Å². The normalized spacial score (nSPS) is 19.4. The molecule has 5 amide bonds. The summed E-state index contributed by atoms with van der Waals surface area (Å²) in [5, 5.41) is 28.1. The second-order valence-corrected chi connectivity index (χ2v) is 11.3. The lowest BCUT2D eigenvalue weighted by atomic mass is 10.0. The Morgan fingerprint density at radius 3 is 2.25 bits per heavy atom. The van der Waals surface area contributed by atoms with Crippen LogP contribution in [0.1, 0.15) is 52.9 Å². The molecule has 0 radical (unpaired) electrons. The number of esters is 1. The van der Waals surface area contributed by atoms with Gasteiger partial charge in [-0.05, 0) is 39.2 Å². The first-order valence-corrected chi connectivity index (χ1v) is 14.9. The van der Waals surface area contributed by atoms with Gasteiger partial charge in [-0.15, -0.1) is 11.8 Å². The van der Waals surface area contributed by atoms with Crippen molar-refractivity contribution in [1.29, 1.82) is 0 Å². The van der Waals surface area contributed by atoms with E-state index in [4.69, 9.17) is 10.5 Å². The minimum Gasteiger partial charge on any atom is -0.480 e. The average molecular weight is 643 g/mol. The van der Waals surface area contributed by atoms with E-state index in [1.54, 1.807) is 0 Å². The number of carboxylic acids is 2. The van der Waals surface area contributed by atoms with Crippen LogP contribution in [0.5, 0.6) is 0 Å². The molecule has 1 fully saturated rings. The van der Waals surface area contributed by atoms with Gasteiger partial charge in [0.05, 0.1) is 0 Å². The van der Waals surface area contributed by atoms with E-state index in [-0.39, 0.29) is 42.9 Å². The number of rotatable bonds is 17. The number of carboxylic acid groups (broad SMARTS) is 2. The average Bonchev–Trinajstić information content (AvgIpc) is 2.94. The van der Waals surface area contributed by atoms with Gasteiger partial charge in [0.1, 0.15) is 41.8 Å². The molecule has 0 aliphatic carbocycles. The maximum atomic E-state index is 13.2. The number of nitrogens with two attached hydrogens (primary N) is 1. The van der Waals surface area contributed by atoms with Crippen LogP contribution in [0.4, 0.5) is 0 Å². The second-order valence-electron chi connectivity index (χ2n) is 10.2. The molecular weight excluding hydrogens is 604 g/mol. The van der Waals surface area contributed by atoms with E-state index in [1.165, 1.54) is 32.5 Å². The van der Waals surface area contributed by atoms with Crippen molar-refractivity contribution < 1.29 is 53.3 Å². The summed E-state index contributed by atoms with van der Waals surface area (Å²) in [4.78, 5) is 98.0. The number of carbonyl (C=O) groups is 8. The number of nitrogens with one attached hydrogen (secondary N) is 4. The summed E-state index contributed by atoms with van der Waals surface area (Å²) in [5.41, 5.74) is 5.47. The Balaban J connectivity index is 2.05. The van der Waals surface area contributed by atoms with E-state index in [1.807, 2.05) is 0 Å². The van der Waals surface area contributed by atoms with Crippen LogP contribution in [0.15, 0.2) is 11.3 Å². The molecule has 0 saturated carbocycles. The molecule has 2 aliphatic rings. The Hall–Kier alpha value is -4.19. The number of hydrogen-bond donors (Lipinski definition) is 7. The first kappa shape index (κ1) is 36.0. The summed E-state index contributed by atoms with van der Waals surface area (Å²) < 4.78 is 4.90. The number of thioether (sulfide) groups is 1. The molecule has 18 heteroatoms. The summed E-state index contributed by atoms with van der Waals surface area (Å²) in [6.07, 6.45) is 0.436. The first-order chi connectivity index (χ1) is 20.7. The van der Waals surface area contributed by atoms with Gasteiger partial charge in [0.25, 0.3) is 5.91 Å². The highest BCUT2D eigenvalue weighted by atomic mass is 32.2. The molecule has 244 valence electrons. The van der Waals surface area contributed by atoms with Crippen LogP contribution < -0.4 is 27.0 Å². The van der Waals surface area contributed by atoms with Crippen molar-refractivity contribution in [3.05, 3.63) is 11.3 Å². The van der Waals surface area contributed by atoms with Gasteiger partial charge in [0.15, 0.2) is 0 Å². The molecule has 0 aromatic carbocycles. The topological polar surface area (TPSA) is 264 Å². The summed E-state index contributed by atoms with van der Waals surface area (Å²) in [6.45, 7) is 3.76. The van der Waals surface area contributed by atoms with Crippen LogP contribution in [-0.2, 0) is 43.1 Å². The summed E-state index contributed by atoms with van der Waals surface area (Å²) >= 11 is 1.18. The lowest BCUT2D eigenvalue weighted by Crippen LogP contribution is -2.71. The van der Waals surface area contributed by atoms with Crippen LogP contribution in [0.2, 0.25) is 0 Å². The molecule has 0 aromatic heterocycles. The molecule has 8 N–H and O–H groups in total. The monoisotopic (exact) mass is 642 g/mol. The molecular formula is C26H38N6O11S. The van der Waals surface area contributed by atoms with Crippen molar-refractivity contribution >= 4 is 59.2 Å². The quantitative estimate of drug-likeness (QED) is 0.0504. The third-order valence-electron chi connectivity index (χ3n) is 6.68. The molecule has 1 saturated heterocycles. The van der Waals surface area contributed by atoms with Crippen LogP contribution in [0.25, 0.3) is 0 Å². The second kappa shape index (κ2) is 16.6. The largest absolute Gasteiger partial charge is 0.480 e. The van der Waals surface area contributed by atoms with Crippen molar-refractivity contribution in [1.82, 2.24) is 26.2 Å². The van der Waals surface area contributed by atoms with Crippen molar-refractivity contribution in [2.45, 2.75) is 82.4 Å². The van der Waals surface area contributed by atoms with Gasteiger partial charge in [-0.3, -0.25) is 33.7 Å². The number of fused-ring (bicyclic) bond motifs is 1. The Morgan fingerprint density at radius 2 is 1.68 bits per heavy atom. The molecule has 2 rings (SSSR count). The molecule has 44 heavy (non-hydrogen) atoms. The summed E-state index contributed by atoms with van der Waals surface area (Å²) in [5.74, 6) is -6.58. The van der Waals surface area contributed by atoms with E-state index in [9.17, 15) is 48.6 Å². The maximum absolute atomic E-state index is 13.2. The van der Waals surface area contributed by atoms with E-state index < -0.39 is 77.0 Å². The molecule has 5 atom stereocenters. The predicted octanol–water partition coefficient (Wildman–Crippen LogP) is -2.22. The molecule has 0 aromatic rings. The number of β-lactam (4-membered cyclic amide) rings is 1. The van der Waals surface area contributed by atoms with Crippen molar-refractivity contribution in [3.8, 4) is 0 Å². The number of nitrogens with zero attached hydrogens (tertiary/aromatic N) is 1. The number of hydrogen-bond acceptors (Lipinski definition) is 11. The van der Waals surface area contributed by atoms with Gasteiger partial charge in [-0.2, -0.15) is 0 Å². The van der Waals surface area contributed by atoms with Crippen molar-refractivity contribution in [2.75, 3.05) is 18.9 Å². The predicted molar refractivity (Wildman–Crippen MR) is 153 cm³/mol. The standard InChI is InChI=1S/C26H38N6O11S/c1-12(28-13(2)33)21(36)30-17(25(39)40)7-8-18(35)29-16(6-4-5-9-27)22(37)31-19-23(38)32-20(26(41)42)15(10-43-14(3)34)11-44-24(19)32/h12,16-17,19,24H,4-11,27H2,1-3H3,(H,28,33)(H,29,35)(H,30,36)(H,31,37)(H,39,40)(H,41,42)/t12-,16-,17-,19+,24+/m0/s1. The SMILES string of the molecule is CC(=O)N[C@@H](C)C(=O)N[C@@H](CCC(=O)N[C@@H](CCCCN)C(=O)N[C@@H]1C(=O)N2C(C(=O)O)=C(COC(C)=O)CS[C@H]12)C(=O)O. The number of aliphatic carboxylic acids is 2. The van der Waals surface area contributed by atoms with Gasteiger partial charge in [-0.1, -0.05) is 0 Å². The van der Waals surface area contributed by atoms with Crippen molar-refractivity contribution in [3.63, 3.8) is 0 Å². The maximum Gasteiger partial charge on any atom is 0.352 e. The van der Waals surface area contributed by atoms with Gasteiger partial charge >= 0.3 is 17.9 Å². The van der Waals surface area contributed by atoms with E-state index in [0.717, 1.165) is 4.90 Å². The number of unbranched alkanes of at least 4 members (excludes halogenated alkanes) is 1. The number of amides is 5. The van der Waals surface area contributed by atoms with Crippen LogP contribution in [0.3, 0.4) is 0 Å². The van der Waals surface area contributed by atoms with Crippen molar-refractivity contribution in [2.24, 2.45) is 5.73 Å². The van der Waals surface area contributed by atoms with E-state index in [0.29, 0.717) is 19.4 Å². The first-order valence-electron chi connectivity index (χ1n) is 13.8. The zero-order chi connectivity index (χ0) is 33.1. The molecule has 17 nitrogen and oxygen atoms in total. The van der Waals surface area contributed by atoms with E-state index >= 15 is 0 Å². The lowest BCUT2D eigenvalue weighted by molar-refractivity contribution is -0.151. The molecule has 2 aliphatic heterocycles. The van der Waals surface area contributed by atoms with Crippen LogP contribution in [0, 0.1) is 0 Å². The van der Waals surface area contributed by atoms with Crippen LogP contribution in [-0.4, -0.2) is 111 Å².